The predicted octanol–water partition coefficient (Wildman–Crippen LogP) is 5.38. The van der Waals surface area contributed by atoms with Gasteiger partial charge in [0.2, 0.25) is 11.9 Å². The Labute approximate surface area is 222 Å². The number of likely N-dealkylation sites (tertiary alicyclic amines) is 1. The third kappa shape index (κ3) is 5.85. The van der Waals surface area contributed by atoms with Crippen molar-refractivity contribution in [2.75, 3.05) is 31.1 Å². The van der Waals surface area contributed by atoms with Crippen molar-refractivity contribution in [1.29, 1.82) is 0 Å². The van der Waals surface area contributed by atoms with Crippen molar-refractivity contribution in [1.82, 2.24) is 19.8 Å². The van der Waals surface area contributed by atoms with Gasteiger partial charge in [0.25, 0.3) is 0 Å². The molecular weight excluding hydrogens is 458 g/mol. The molecule has 0 spiro atoms. The fourth-order valence-electron chi connectivity index (χ4n) is 6.29. The maximum atomic E-state index is 12.9. The van der Waals surface area contributed by atoms with E-state index in [0.29, 0.717) is 12.1 Å². The molecule has 0 saturated carbocycles. The highest BCUT2D eigenvalue weighted by Crippen LogP contribution is 2.28. The second-order valence-corrected chi connectivity index (χ2v) is 11.2. The van der Waals surface area contributed by atoms with Crippen LogP contribution >= 0.6 is 0 Å². The van der Waals surface area contributed by atoms with E-state index in [1.54, 1.807) is 0 Å². The summed E-state index contributed by atoms with van der Waals surface area (Å²) in [5, 5.41) is 3.24. The lowest BCUT2D eigenvalue weighted by Crippen LogP contribution is -2.45. The second kappa shape index (κ2) is 11.7. The fourth-order valence-corrected chi connectivity index (χ4v) is 6.29. The largest absolute Gasteiger partial charge is 0.356 e. The summed E-state index contributed by atoms with van der Waals surface area (Å²) >= 11 is 0. The molecule has 1 N–H and O–H groups in total. The van der Waals surface area contributed by atoms with E-state index in [0.717, 1.165) is 69.0 Å². The van der Waals surface area contributed by atoms with E-state index in [4.69, 9.17) is 4.98 Å². The number of imidazole rings is 1. The number of para-hydroxylation sites is 2. The van der Waals surface area contributed by atoms with Gasteiger partial charge in [-0.25, -0.2) is 4.98 Å². The zero-order chi connectivity index (χ0) is 25.8. The Hall–Kier alpha value is -2.86. The molecule has 198 valence electrons. The van der Waals surface area contributed by atoms with Crippen LogP contribution in [0.2, 0.25) is 0 Å². The van der Waals surface area contributed by atoms with Gasteiger partial charge in [0.1, 0.15) is 0 Å². The van der Waals surface area contributed by atoms with Gasteiger partial charge in [0.15, 0.2) is 0 Å². The van der Waals surface area contributed by atoms with Crippen molar-refractivity contribution in [3.8, 4) is 0 Å². The Bertz CT molecular complexity index is 1190. The van der Waals surface area contributed by atoms with Crippen LogP contribution < -0.4 is 10.2 Å². The summed E-state index contributed by atoms with van der Waals surface area (Å²) < 4.78 is 2.35. The van der Waals surface area contributed by atoms with Crippen molar-refractivity contribution in [2.45, 2.75) is 77.9 Å². The summed E-state index contributed by atoms with van der Waals surface area (Å²) in [5.41, 5.74) is 4.81. The summed E-state index contributed by atoms with van der Waals surface area (Å²) in [6.45, 7) is 11.2. The number of aromatic nitrogens is 2. The lowest BCUT2D eigenvalue weighted by Gasteiger charge is -2.39. The van der Waals surface area contributed by atoms with Crippen molar-refractivity contribution >= 4 is 22.9 Å². The first-order chi connectivity index (χ1) is 18.0. The third-order valence-corrected chi connectivity index (χ3v) is 8.64. The van der Waals surface area contributed by atoms with Crippen LogP contribution in [-0.2, 0) is 11.3 Å². The molecule has 0 bridgehead atoms. The minimum absolute atomic E-state index is 0.0956. The van der Waals surface area contributed by atoms with Gasteiger partial charge < -0.3 is 14.8 Å². The van der Waals surface area contributed by atoms with Crippen LogP contribution in [0.1, 0.15) is 63.5 Å². The van der Waals surface area contributed by atoms with E-state index in [2.05, 4.69) is 89.0 Å². The van der Waals surface area contributed by atoms with Crippen molar-refractivity contribution in [2.24, 2.45) is 5.92 Å². The molecule has 1 amide bonds. The van der Waals surface area contributed by atoms with E-state index in [1.807, 2.05) is 0 Å². The van der Waals surface area contributed by atoms with Gasteiger partial charge in [-0.2, -0.15) is 0 Å². The number of benzene rings is 2. The number of rotatable bonds is 8. The number of aryl methyl sites for hydroxylation is 1. The van der Waals surface area contributed by atoms with Crippen LogP contribution in [0, 0.1) is 12.8 Å². The molecule has 2 saturated heterocycles. The van der Waals surface area contributed by atoms with Gasteiger partial charge in [-0.05, 0) is 76.1 Å². The third-order valence-electron chi connectivity index (χ3n) is 8.64. The number of carbonyl (C=O) groups is 1. The van der Waals surface area contributed by atoms with E-state index in [9.17, 15) is 4.79 Å². The van der Waals surface area contributed by atoms with Crippen molar-refractivity contribution in [3.05, 3.63) is 59.7 Å². The molecule has 6 nitrogen and oxygen atoms in total. The number of amides is 1. The average molecular weight is 502 g/mol. The molecule has 0 aliphatic carbocycles. The molecule has 6 heteroatoms. The molecule has 2 aromatic carbocycles. The van der Waals surface area contributed by atoms with Gasteiger partial charge in [-0.15, -0.1) is 0 Å². The van der Waals surface area contributed by atoms with E-state index in [1.165, 1.54) is 30.4 Å². The quantitative estimate of drug-likeness (QED) is 0.421. The standard InChI is InChI=1S/C31H43N5O/c1-23-10-4-5-13-27(23)22-36-29-15-7-6-14-28(29)33-31(36)34-20-16-26(17-21-34)30(37)32-18-9-19-35-24(2)11-8-12-25(35)3/h4-7,10,13-15,24-26H,8-9,11-12,16-22H2,1-3H3,(H,32,37)/t24-,25-/m0/s1. The Balaban J connectivity index is 1.17. The SMILES string of the molecule is Cc1ccccc1Cn1c(N2CCC(C(=O)NCCCN3[C@@H](C)CCC[C@@H]3C)CC2)nc2ccccc21. The van der Waals surface area contributed by atoms with Crippen LogP contribution in [0.25, 0.3) is 11.0 Å². The molecule has 37 heavy (non-hydrogen) atoms. The zero-order valence-electron chi connectivity index (χ0n) is 22.8. The first-order valence-electron chi connectivity index (χ1n) is 14.3. The molecule has 0 unspecified atom stereocenters. The van der Waals surface area contributed by atoms with E-state index < -0.39 is 0 Å². The van der Waals surface area contributed by atoms with E-state index >= 15 is 0 Å². The predicted molar refractivity (Wildman–Crippen MR) is 152 cm³/mol. The highest BCUT2D eigenvalue weighted by Gasteiger charge is 2.28. The molecule has 2 atom stereocenters. The first-order valence-corrected chi connectivity index (χ1v) is 14.3. The van der Waals surface area contributed by atoms with Gasteiger partial charge in [-0.3, -0.25) is 9.69 Å². The van der Waals surface area contributed by atoms with Crippen molar-refractivity contribution in [3.63, 3.8) is 0 Å². The maximum absolute atomic E-state index is 12.9. The molecule has 2 fully saturated rings. The smallest absolute Gasteiger partial charge is 0.223 e. The monoisotopic (exact) mass is 501 g/mol. The number of anilines is 1. The van der Waals surface area contributed by atoms with E-state index in [-0.39, 0.29) is 11.8 Å². The number of hydrogen-bond donors (Lipinski definition) is 1. The normalized spacial score (nSPS) is 21.4. The topological polar surface area (TPSA) is 53.4 Å². The molecule has 2 aliphatic heterocycles. The van der Waals surface area contributed by atoms with Crippen LogP contribution in [-0.4, -0.2) is 58.6 Å². The summed E-state index contributed by atoms with van der Waals surface area (Å²) in [4.78, 5) is 23.0. The van der Waals surface area contributed by atoms with Crippen molar-refractivity contribution < 1.29 is 4.79 Å². The number of carbonyl (C=O) groups excluding carboxylic acids is 1. The molecule has 3 aromatic rings. The Morgan fingerprint density at radius 3 is 2.43 bits per heavy atom. The molecule has 3 heterocycles. The summed E-state index contributed by atoms with van der Waals surface area (Å²) in [6, 6.07) is 18.3. The minimum Gasteiger partial charge on any atom is -0.356 e. The molecular formula is C31H43N5O. The van der Waals surface area contributed by atoms with Gasteiger partial charge >= 0.3 is 0 Å². The summed E-state index contributed by atoms with van der Waals surface area (Å²) in [6.07, 6.45) is 6.72. The second-order valence-electron chi connectivity index (χ2n) is 11.2. The molecule has 1 aromatic heterocycles. The van der Waals surface area contributed by atoms with Gasteiger partial charge in [0, 0.05) is 44.2 Å². The number of nitrogens with one attached hydrogen (secondary N) is 1. The zero-order valence-corrected chi connectivity index (χ0v) is 22.8. The maximum Gasteiger partial charge on any atom is 0.223 e. The number of piperidine rings is 2. The first kappa shape index (κ1) is 25.8. The van der Waals surface area contributed by atoms with Crippen LogP contribution in [0.15, 0.2) is 48.5 Å². The lowest BCUT2D eigenvalue weighted by atomic mass is 9.96. The number of fused-ring (bicyclic) bond motifs is 1. The number of hydrogen-bond acceptors (Lipinski definition) is 4. The van der Waals surface area contributed by atoms with Crippen LogP contribution in [0.4, 0.5) is 5.95 Å². The highest BCUT2D eigenvalue weighted by atomic mass is 16.1. The Morgan fingerprint density at radius 2 is 1.68 bits per heavy atom. The van der Waals surface area contributed by atoms with Crippen LogP contribution in [0.5, 0.6) is 0 Å². The van der Waals surface area contributed by atoms with Gasteiger partial charge in [0.05, 0.1) is 17.6 Å². The lowest BCUT2D eigenvalue weighted by molar-refractivity contribution is -0.125. The summed E-state index contributed by atoms with van der Waals surface area (Å²) in [7, 11) is 0. The molecule has 2 aliphatic rings. The molecule has 5 rings (SSSR count). The van der Waals surface area contributed by atoms with Crippen LogP contribution in [0.3, 0.4) is 0 Å². The Kier molecular flexibility index (Phi) is 8.14. The highest BCUT2D eigenvalue weighted by molar-refractivity contribution is 5.80. The average Bonchev–Trinajstić information content (AvgIpc) is 3.27. The Morgan fingerprint density at radius 1 is 0.973 bits per heavy atom. The fraction of sp³-hybridized carbons (Fsp3) is 0.548. The van der Waals surface area contributed by atoms with Gasteiger partial charge in [-0.1, -0.05) is 42.8 Å². The number of nitrogens with zero attached hydrogens (tertiary/aromatic N) is 4. The minimum atomic E-state index is 0.0956. The molecule has 0 radical (unpaired) electrons. The summed E-state index contributed by atoms with van der Waals surface area (Å²) in [5.74, 6) is 1.35.